The lowest BCUT2D eigenvalue weighted by Crippen LogP contribution is -2.08. The Morgan fingerprint density at radius 1 is 1.12 bits per heavy atom. The first-order valence-corrected chi connectivity index (χ1v) is 4.77. The molecule has 2 nitrogen and oxygen atoms in total. The molecule has 90 valence electrons. The van der Waals surface area contributed by atoms with E-state index in [1.165, 1.54) is 19.2 Å². The Balaban J connectivity index is 2.75. The van der Waals surface area contributed by atoms with Gasteiger partial charge in [0.15, 0.2) is 0 Å². The van der Waals surface area contributed by atoms with Crippen molar-refractivity contribution in [3.8, 4) is 0 Å². The third-order valence-corrected chi connectivity index (χ3v) is 2.36. The van der Waals surface area contributed by atoms with Crippen molar-refractivity contribution in [3.05, 3.63) is 35.8 Å². The Kier molecular flexibility index (Phi) is 2.65. The summed E-state index contributed by atoms with van der Waals surface area (Å²) in [6, 6.07) is 4.39. The van der Waals surface area contributed by atoms with Gasteiger partial charge in [-0.15, -0.1) is 0 Å². The molecule has 0 saturated carbocycles. The van der Waals surface area contributed by atoms with Crippen molar-refractivity contribution in [1.29, 1.82) is 0 Å². The second kappa shape index (κ2) is 3.87. The number of alkyl halides is 3. The lowest BCUT2D eigenvalue weighted by atomic mass is 10.1. The van der Waals surface area contributed by atoms with Crippen LogP contribution in [0.15, 0.2) is 24.3 Å². The largest absolute Gasteiger partial charge is 0.433 e. The van der Waals surface area contributed by atoms with Crippen LogP contribution < -0.4 is 5.32 Å². The molecule has 0 aliphatic carbocycles. The zero-order valence-corrected chi connectivity index (χ0v) is 8.77. The van der Waals surface area contributed by atoms with E-state index in [1.54, 1.807) is 0 Å². The normalized spacial score (nSPS) is 11.8. The maximum absolute atomic E-state index is 13.4. The first kappa shape index (κ1) is 11.6. The highest BCUT2D eigenvalue weighted by molar-refractivity contribution is 5.90. The summed E-state index contributed by atoms with van der Waals surface area (Å²) in [5.74, 6) is -0.597. The van der Waals surface area contributed by atoms with Gasteiger partial charge in [-0.2, -0.15) is 13.2 Å². The molecule has 2 aromatic rings. The Morgan fingerprint density at radius 2 is 1.82 bits per heavy atom. The van der Waals surface area contributed by atoms with Crippen LogP contribution in [0.5, 0.6) is 0 Å². The molecule has 1 aromatic carbocycles. The number of halogens is 4. The van der Waals surface area contributed by atoms with Gasteiger partial charge in [0.1, 0.15) is 11.5 Å². The molecule has 17 heavy (non-hydrogen) atoms. The average molecular weight is 244 g/mol. The van der Waals surface area contributed by atoms with E-state index in [1.807, 2.05) is 0 Å². The zero-order valence-electron chi connectivity index (χ0n) is 8.77. The van der Waals surface area contributed by atoms with Gasteiger partial charge in [-0.25, -0.2) is 9.37 Å². The summed E-state index contributed by atoms with van der Waals surface area (Å²) in [7, 11) is 1.54. The Hall–Kier alpha value is -1.85. The monoisotopic (exact) mass is 244 g/mol. The van der Waals surface area contributed by atoms with E-state index >= 15 is 0 Å². The van der Waals surface area contributed by atoms with Gasteiger partial charge in [0.25, 0.3) is 0 Å². The molecule has 0 aliphatic rings. The number of pyridine rings is 1. The Labute approximate surface area is 94.3 Å². The minimum Gasteiger partial charge on any atom is -0.386 e. The van der Waals surface area contributed by atoms with Crippen LogP contribution in [0.1, 0.15) is 5.69 Å². The van der Waals surface area contributed by atoms with Crippen LogP contribution in [-0.2, 0) is 6.18 Å². The van der Waals surface area contributed by atoms with E-state index in [9.17, 15) is 17.6 Å². The summed E-state index contributed by atoms with van der Waals surface area (Å²) in [6.07, 6.45) is -4.54. The molecule has 0 aliphatic heterocycles. The zero-order chi connectivity index (χ0) is 12.6. The van der Waals surface area contributed by atoms with Crippen LogP contribution in [-0.4, -0.2) is 12.0 Å². The minimum absolute atomic E-state index is 0.0256. The number of anilines is 1. The van der Waals surface area contributed by atoms with Gasteiger partial charge >= 0.3 is 6.18 Å². The van der Waals surface area contributed by atoms with Gasteiger partial charge in [-0.05, 0) is 24.3 Å². The number of nitrogens with zero attached hydrogens (tertiary/aromatic N) is 1. The van der Waals surface area contributed by atoms with Gasteiger partial charge in [0, 0.05) is 12.4 Å². The van der Waals surface area contributed by atoms with E-state index in [2.05, 4.69) is 10.3 Å². The topological polar surface area (TPSA) is 24.9 Å². The number of hydrogen-bond donors (Lipinski definition) is 1. The molecule has 0 saturated heterocycles. The average Bonchev–Trinajstić information content (AvgIpc) is 2.28. The van der Waals surface area contributed by atoms with Crippen LogP contribution in [0.25, 0.3) is 10.9 Å². The van der Waals surface area contributed by atoms with Crippen LogP contribution in [0.2, 0.25) is 0 Å². The molecule has 6 heteroatoms. The summed E-state index contributed by atoms with van der Waals surface area (Å²) < 4.78 is 50.8. The van der Waals surface area contributed by atoms with E-state index in [-0.39, 0.29) is 10.9 Å². The molecular weight excluding hydrogens is 236 g/mol. The summed E-state index contributed by atoms with van der Waals surface area (Å²) in [6.45, 7) is 0. The van der Waals surface area contributed by atoms with Crippen LogP contribution >= 0.6 is 0 Å². The molecule has 0 bridgehead atoms. The molecule has 0 spiro atoms. The van der Waals surface area contributed by atoms with E-state index in [0.29, 0.717) is 5.69 Å². The predicted molar refractivity (Wildman–Crippen MR) is 56.2 cm³/mol. The highest BCUT2D eigenvalue weighted by Gasteiger charge is 2.32. The molecule has 0 radical (unpaired) electrons. The number of benzene rings is 1. The van der Waals surface area contributed by atoms with Gasteiger partial charge in [0.05, 0.1) is 11.2 Å². The molecule has 1 N–H and O–H groups in total. The van der Waals surface area contributed by atoms with Crippen LogP contribution in [0.4, 0.5) is 23.2 Å². The number of nitrogens with one attached hydrogen (secondary N) is 1. The quantitative estimate of drug-likeness (QED) is 0.777. The van der Waals surface area contributed by atoms with Gasteiger partial charge in [-0.1, -0.05) is 0 Å². The van der Waals surface area contributed by atoms with Gasteiger partial charge in [-0.3, -0.25) is 0 Å². The van der Waals surface area contributed by atoms with E-state index in [0.717, 1.165) is 12.1 Å². The number of aromatic nitrogens is 1. The highest BCUT2D eigenvalue weighted by atomic mass is 19.4. The maximum Gasteiger partial charge on any atom is 0.433 e. The molecule has 0 unspecified atom stereocenters. The van der Waals surface area contributed by atoms with E-state index in [4.69, 9.17) is 0 Å². The first-order valence-electron chi connectivity index (χ1n) is 4.77. The summed E-state index contributed by atoms with van der Waals surface area (Å²) in [5, 5.41) is 2.74. The fourth-order valence-corrected chi connectivity index (χ4v) is 1.54. The van der Waals surface area contributed by atoms with Crippen molar-refractivity contribution in [3.63, 3.8) is 0 Å². The fraction of sp³-hybridized carbons (Fsp3) is 0.182. The molecular formula is C11H8F4N2. The number of hydrogen-bond acceptors (Lipinski definition) is 2. The molecule has 0 fully saturated rings. The highest BCUT2D eigenvalue weighted by Crippen LogP contribution is 2.31. The maximum atomic E-state index is 13.4. The summed E-state index contributed by atoms with van der Waals surface area (Å²) >= 11 is 0. The molecule has 1 heterocycles. The fourth-order valence-electron chi connectivity index (χ4n) is 1.54. The van der Waals surface area contributed by atoms with Crippen molar-refractivity contribution < 1.29 is 17.6 Å². The third kappa shape index (κ3) is 2.02. The number of rotatable bonds is 1. The summed E-state index contributed by atoms with van der Waals surface area (Å²) in [5.41, 5.74) is -0.707. The predicted octanol–water partition coefficient (Wildman–Crippen LogP) is 3.43. The van der Waals surface area contributed by atoms with Crippen molar-refractivity contribution in [2.75, 3.05) is 12.4 Å². The Bertz CT molecular complexity index is 563. The molecule has 0 amide bonds. The smallest absolute Gasteiger partial charge is 0.386 e. The molecule has 1 aromatic heterocycles. The van der Waals surface area contributed by atoms with E-state index < -0.39 is 17.7 Å². The van der Waals surface area contributed by atoms with Crippen molar-refractivity contribution in [2.24, 2.45) is 0 Å². The van der Waals surface area contributed by atoms with Gasteiger partial charge in [0.2, 0.25) is 0 Å². The van der Waals surface area contributed by atoms with Crippen molar-refractivity contribution in [1.82, 2.24) is 4.98 Å². The second-order valence-electron chi connectivity index (χ2n) is 3.44. The SMILES string of the molecule is CNc1ccc(F)c2ccc(C(F)(F)F)nc12. The van der Waals surface area contributed by atoms with Gasteiger partial charge < -0.3 is 5.32 Å². The van der Waals surface area contributed by atoms with Crippen molar-refractivity contribution in [2.45, 2.75) is 6.18 Å². The standard InChI is InChI=1S/C11H8F4N2/c1-16-8-4-3-7(12)6-2-5-9(11(13,14)15)17-10(6)8/h2-5,16H,1H3. The summed E-state index contributed by atoms with van der Waals surface area (Å²) in [4.78, 5) is 3.45. The molecule has 0 atom stereocenters. The molecule has 2 rings (SSSR count). The lowest BCUT2D eigenvalue weighted by molar-refractivity contribution is -0.140. The lowest BCUT2D eigenvalue weighted by Gasteiger charge is -2.10. The third-order valence-electron chi connectivity index (χ3n) is 2.36. The number of fused-ring (bicyclic) bond motifs is 1. The minimum atomic E-state index is -4.54. The van der Waals surface area contributed by atoms with Crippen LogP contribution in [0.3, 0.4) is 0 Å². The van der Waals surface area contributed by atoms with Crippen LogP contribution in [0, 0.1) is 5.82 Å². The Morgan fingerprint density at radius 3 is 2.41 bits per heavy atom. The second-order valence-corrected chi connectivity index (χ2v) is 3.44. The first-order chi connectivity index (χ1) is 7.93. The van der Waals surface area contributed by atoms with Crippen molar-refractivity contribution >= 4 is 16.6 Å².